The van der Waals surface area contributed by atoms with Gasteiger partial charge in [-0.3, -0.25) is 0 Å². The molecule has 2 aliphatic rings. The van der Waals surface area contributed by atoms with Crippen LogP contribution in [0.2, 0.25) is 0 Å². The number of hydrogen-bond donors (Lipinski definition) is 0. The zero-order valence-electron chi connectivity index (χ0n) is 5.55. The highest BCUT2D eigenvalue weighted by Crippen LogP contribution is 2.39. The van der Waals surface area contributed by atoms with E-state index in [0.717, 1.165) is 5.92 Å². The van der Waals surface area contributed by atoms with Crippen molar-refractivity contribution in [2.24, 2.45) is 5.92 Å². The first-order valence-corrected chi connectivity index (χ1v) is 3.68. The van der Waals surface area contributed by atoms with E-state index in [1.807, 2.05) is 0 Å². The molecule has 9 heavy (non-hydrogen) atoms. The first kappa shape index (κ1) is 5.48. The molecule has 2 fully saturated rings. The zero-order chi connectivity index (χ0) is 6.27. The van der Waals surface area contributed by atoms with E-state index in [-0.39, 0.29) is 0 Å². The maximum absolute atomic E-state index is 5.36. The summed E-state index contributed by atoms with van der Waals surface area (Å²) in [5.74, 6) is 0.744. The lowest BCUT2D eigenvalue weighted by Crippen LogP contribution is -2.10. The maximum Gasteiger partial charge on any atom is 0.0847 e. The minimum absolute atomic E-state index is 0.613. The van der Waals surface area contributed by atoms with Crippen molar-refractivity contribution in [3.63, 3.8) is 0 Å². The molecule has 0 bridgehead atoms. The summed E-state index contributed by atoms with van der Waals surface area (Å²) in [6.45, 7) is 3.78. The van der Waals surface area contributed by atoms with Crippen LogP contribution in [-0.4, -0.2) is 12.2 Å². The predicted octanol–water partition coefficient (Wildman–Crippen LogP) is 1.74. The summed E-state index contributed by atoms with van der Waals surface area (Å²) in [6.07, 6.45) is 7.11. The van der Waals surface area contributed by atoms with Crippen LogP contribution < -0.4 is 0 Å². The fourth-order valence-electron chi connectivity index (χ4n) is 1.65. The average molecular weight is 124 g/mol. The van der Waals surface area contributed by atoms with Gasteiger partial charge in [0.15, 0.2) is 0 Å². The van der Waals surface area contributed by atoms with E-state index < -0.39 is 0 Å². The first-order chi connectivity index (χ1) is 4.40. The van der Waals surface area contributed by atoms with E-state index in [4.69, 9.17) is 4.74 Å². The van der Waals surface area contributed by atoms with Gasteiger partial charge in [0.2, 0.25) is 0 Å². The normalized spacial score (nSPS) is 47.8. The van der Waals surface area contributed by atoms with Crippen molar-refractivity contribution >= 4 is 0 Å². The number of allylic oxidation sites excluding steroid dienone is 1. The molecule has 50 valence electrons. The number of hydrogen-bond acceptors (Lipinski definition) is 1. The van der Waals surface area contributed by atoms with E-state index in [2.05, 4.69) is 12.7 Å². The molecule has 1 saturated carbocycles. The highest BCUT2D eigenvalue weighted by molar-refractivity contribution is 4.96. The molecule has 3 atom stereocenters. The second-order valence-electron chi connectivity index (χ2n) is 3.02. The van der Waals surface area contributed by atoms with Crippen LogP contribution in [-0.2, 0) is 4.74 Å². The molecule has 1 aliphatic carbocycles. The second kappa shape index (κ2) is 1.84. The van der Waals surface area contributed by atoms with Gasteiger partial charge in [0, 0.05) is 0 Å². The van der Waals surface area contributed by atoms with Crippen molar-refractivity contribution in [2.75, 3.05) is 0 Å². The monoisotopic (exact) mass is 124 g/mol. The van der Waals surface area contributed by atoms with Gasteiger partial charge in [0.1, 0.15) is 0 Å². The molecule has 1 heteroatoms. The topological polar surface area (TPSA) is 12.5 Å². The third-order valence-electron chi connectivity index (χ3n) is 2.38. The van der Waals surface area contributed by atoms with Crippen molar-refractivity contribution < 1.29 is 4.74 Å². The molecule has 0 aromatic heterocycles. The molecule has 0 spiro atoms. The van der Waals surface area contributed by atoms with Gasteiger partial charge in [-0.15, -0.1) is 6.58 Å². The predicted molar refractivity (Wildman–Crippen MR) is 36.2 cm³/mol. The summed E-state index contributed by atoms with van der Waals surface area (Å²) in [5, 5.41) is 0. The Morgan fingerprint density at radius 3 is 2.89 bits per heavy atom. The van der Waals surface area contributed by atoms with Gasteiger partial charge in [-0.05, 0) is 25.2 Å². The van der Waals surface area contributed by atoms with E-state index in [1.165, 1.54) is 19.3 Å². The summed E-state index contributed by atoms with van der Waals surface area (Å²) >= 11 is 0. The highest BCUT2D eigenvalue weighted by atomic mass is 16.6. The molecular formula is C8H12O. The van der Waals surface area contributed by atoms with Crippen molar-refractivity contribution in [1.82, 2.24) is 0 Å². The SMILES string of the molecule is C=C[C@@H]1CC[C@H]2O[C@H]2C1. The minimum atomic E-state index is 0.613. The first-order valence-electron chi connectivity index (χ1n) is 3.68. The van der Waals surface area contributed by atoms with E-state index in [1.54, 1.807) is 0 Å². The number of ether oxygens (including phenoxy) is 1. The summed E-state index contributed by atoms with van der Waals surface area (Å²) in [6, 6.07) is 0. The third kappa shape index (κ3) is 0.897. The van der Waals surface area contributed by atoms with Gasteiger partial charge in [0.05, 0.1) is 12.2 Å². The van der Waals surface area contributed by atoms with Crippen LogP contribution in [0.5, 0.6) is 0 Å². The van der Waals surface area contributed by atoms with Crippen LogP contribution in [0.25, 0.3) is 0 Å². The quantitative estimate of drug-likeness (QED) is 0.383. The standard InChI is InChI=1S/C8H12O/c1-2-6-3-4-7-8(5-6)9-7/h2,6-8H,1,3-5H2/t6-,7-,8+/m1/s1. The molecule has 0 aromatic carbocycles. The lowest BCUT2D eigenvalue weighted by atomic mass is 9.90. The Kier molecular flexibility index (Phi) is 1.12. The van der Waals surface area contributed by atoms with Crippen molar-refractivity contribution in [1.29, 1.82) is 0 Å². The minimum Gasteiger partial charge on any atom is -0.370 e. The van der Waals surface area contributed by atoms with E-state index in [0.29, 0.717) is 12.2 Å². The molecular weight excluding hydrogens is 112 g/mol. The molecule has 0 unspecified atom stereocenters. The molecule has 0 amide bonds. The summed E-state index contributed by atoms with van der Waals surface area (Å²) in [4.78, 5) is 0. The second-order valence-corrected chi connectivity index (χ2v) is 3.02. The van der Waals surface area contributed by atoms with E-state index in [9.17, 15) is 0 Å². The molecule has 0 aromatic rings. The fourth-order valence-corrected chi connectivity index (χ4v) is 1.65. The number of rotatable bonds is 1. The van der Waals surface area contributed by atoms with Crippen molar-refractivity contribution in [2.45, 2.75) is 31.5 Å². The Hall–Kier alpha value is -0.300. The van der Waals surface area contributed by atoms with Crippen molar-refractivity contribution in [3.05, 3.63) is 12.7 Å². The number of fused-ring (bicyclic) bond motifs is 1. The molecule has 1 aliphatic heterocycles. The summed E-state index contributed by atoms with van der Waals surface area (Å²) in [5.41, 5.74) is 0. The van der Waals surface area contributed by atoms with Crippen LogP contribution in [0.3, 0.4) is 0 Å². The number of epoxide rings is 1. The van der Waals surface area contributed by atoms with Crippen LogP contribution >= 0.6 is 0 Å². The smallest absolute Gasteiger partial charge is 0.0847 e. The Morgan fingerprint density at radius 1 is 1.33 bits per heavy atom. The van der Waals surface area contributed by atoms with Gasteiger partial charge in [0.25, 0.3) is 0 Å². The lowest BCUT2D eigenvalue weighted by molar-refractivity contribution is 0.370. The Balaban J connectivity index is 1.93. The summed E-state index contributed by atoms with van der Waals surface area (Å²) in [7, 11) is 0. The van der Waals surface area contributed by atoms with Gasteiger partial charge in [-0.25, -0.2) is 0 Å². The third-order valence-corrected chi connectivity index (χ3v) is 2.38. The van der Waals surface area contributed by atoms with Gasteiger partial charge in [-0.2, -0.15) is 0 Å². The van der Waals surface area contributed by atoms with Gasteiger partial charge >= 0.3 is 0 Å². The van der Waals surface area contributed by atoms with E-state index >= 15 is 0 Å². The van der Waals surface area contributed by atoms with Crippen LogP contribution in [0.4, 0.5) is 0 Å². The molecule has 1 nitrogen and oxygen atoms in total. The molecule has 2 rings (SSSR count). The maximum atomic E-state index is 5.36. The Labute approximate surface area is 55.7 Å². The zero-order valence-corrected chi connectivity index (χ0v) is 5.55. The summed E-state index contributed by atoms with van der Waals surface area (Å²) < 4.78 is 5.36. The van der Waals surface area contributed by atoms with Gasteiger partial charge < -0.3 is 4.74 Å². The fraction of sp³-hybridized carbons (Fsp3) is 0.750. The Morgan fingerprint density at radius 2 is 2.22 bits per heavy atom. The van der Waals surface area contributed by atoms with Crippen LogP contribution in [0, 0.1) is 5.92 Å². The van der Waals surface area contributed by atoms with Crippen LogP contribution in [0.1, 0.15) is 19.3 Å². The largest absolute Gasteiger partial charge is 0.370 e. The lowest BCUT2D eigenvalue weighted by Gasteiger charge is -2.12. The molecule has 0 radical (unpaired) electrons. The van der Waals surface area contributed by atoms with Gasteiger partial charge in [-0.1, -0.05) is 6.08 Å². The average Bonchev–Trinajstić information content (AvgIpc) is 2.64. The molecule has 1 saturated heterocycles. The van der Waals surface area contributed by atoms with Crippen molar-refractivity contribution in [3.8, 4) is 0 Å². The molecule has 1 heterocycles. The van der Waals surface area contributed by atoms with Crippen LogP contribution in [0.15, 0.2) is 12.7 Å². The molecule has 0 N–H and O–H groups in total. The Bertz CT molecular complexity index is 131. The highest BCUT2D eigenvalue weighted by Gasteiger charge is 2.42.